The van der Waals surface area contributed by atoms with Crippen LogP contribution in [-0.2, 0) is 9.30 Å². The molecule has 7 heteroatoms. The number of rotatable bonds is 4. The highest BCUT2D eigenvalue weighted by molar-refractivity contribution is 7.70. The van der Waals surface area contributed by atoms with Gasteiger partial charge in [0.1, 0.15) is 7.14 Å². The first-order valence-electron chi connectivity index (χ1n) is 9.15. The van der Waals surface area contributed by atoms with Gasteiger partial charge in [0.15, 0.2) is 0 Å². The molecule has 0 radical (unpaired) electrons. The van der Waals surface area contributed by atoms with Crippen molar-refractivity contribution in [1.82, 2.24) is 9.97 Å². The van der Waals surface area contributed by atoms with Gasteiger partial charge >= 0.3 is 0 Å². The first kappa shape index (κ1) is 17.8. The van der Waals surface area contributed by atoms with E-state index in [0.717, 1.165) is 43.4 Å². The van der Waals surface area contributed by atoms with Gasteiger partial charge in [-0.25, -0.2) is 4.98 Å². The molecule has 28 heavy (non-hydrogen) atoms. The van der Waals surface area contributed by atoms with Crippen molar-refractivity contribution in [3.63, 3.8) is 0 Å². The van der Waals surface area contributed by atoms with E-state index in [1.54, 1.807) is 11.3 Å². The maximum Gasteiger partial charge on any atom is 0.110 e. The zero-order valence-electron chi connectivity index (χ0n) is 15.7. The highest BCUT2D eigenvalue weighted by Gasteiger charge is 2.28. The summed E-state index contributed by atoms with van der Waals surface area (Å²) in [5.74, 6) is 0.304. The topological polar surface area (TPSA) is 64.1 Å². The summed E-state index contributed by atoms with van der Waals surface area (Å²) in [5, 5.41) is 5.40. The van der Waals surface area contributed by atoms with Crippen molar-refractivity contribution in [1.29, 1.82) is 0 Å². The number of thiazole rings is 1. The second-order valence-electron chi connectivity index (χ2n) is 7.53. The predicted molar refractivity (Wildman–Crippen MR) is 117 cm³/mol. The fourth-order valence-corrected chi connectivity index (χ4v) is 5.57. The van der Waals surface area contributed by atoms with E-state index in [1.807, 2.05) is 37.2 Å². The van der Waals surface area contributed by atoms with E-state index >= 15 is 0 Å². The molecule has 1 aliphatic rings. The highest BCUT2D eigenvalue weighted by atomic mass is 32.1. The number of aromatic nitrogens is 2. The van der Waals surface area contributed by atoms with Crippen LogP contribution in [0.3, 0.4) is 0 Å². The number of fused-ring (bicyclic) bond motifs is 2. The van der Waals surface area contributed by atoms with Crippen LogP contribution in [0.1, 0.15) is 11.5 Å². The lowest BCUT2D eigenvalue weighted by Crippen LogP contribution is -2.29. The summed E-state index contributed by atoms with van der Waals surface area (Å²) in [6.45, 7) is 5.03. The van der Waals surface area contributed by atoms with E-state index < -0.39 is 7.14 Å². The number of nitrogens with one attached hydrogen (secondary N) is 1. The van der Waals surface area contributed by atoms with Crippen LogP contribution in [0.2, 0.25) is 0 Å². The normalized spacial score (nSPS) is 15.1. The Morgan fingerprint density at radius 2 is 1.96 bits per heavy atom. The summed E-state index contributed by atoms with van der Waals surface area (Å²) < 4.78 is 19.6. The number of hydrogen-bond donors (Lipinski definition) is 1. The van der Waals surface area contributed by atoms with Gasteiger partial charge in [0.25, 0.3) is 0 Å². The van der Waals surface area contributed by atoms with Crippen LogP contribution >= 0.6 is 18.5 Å². The Balaban J connectivity index is 1.63. The lowest BCUT2D eigenvalue weighted by atomic mass is 9.96. The average Bonchev–Trinajstić information content (AvgIpc) is 3.07. The van der Waals surface area contributed by atoms with Crippen LogP contribution in [-0.4, -0.2) is 36.5 Å². The van der Waals surface area contributed by atoms with E-state index in [-0.39, 0.29) is 0 Å². The molecule has 0 saturated carbocycles. The third kappa shape index (κ3) is 3.12. The highest BCUT2D eigenvalue weighted by Crippen LogP contribution is 2.41. The minimum atomic E-state index is -2.44. The number of hydrogen-bond acceptors (Lipinski definition) is 6. The van der Waals surface area contributed by atoms with Gasteiger partial charge < -0.3 is 14.6 Å². The Bertz CT molecular complexity index is 1240. The molecule has 5 nitrogen and oxygen atoms in total. The lowest BCUT2D eigenvalue weighted by Gasteiger charge is -2.29. The zero-order valence-corrected chi connectivity index (χ0v) is 17.4. The van der Waals surface area contributed by atoms with Gasteiger partial charge in [-0.2, -0.15) is 0 Å². The lowest BCUT2D eigenvalue weighted by molar-refractivity contribution is 0.00886. The van der Waals surface area contributed by atoms with Gasteiger partial charge in [-0.1, -0.05) is 0 Å². The van der Waals surface area contributed by atoms with E-state index in [4.69, 9.17) is 4.74 Å². The van der Waals surface area contributed by atoms with Crippen LogP contribution in [0, 0.1) is 0 Å². The Morgan fingerprint density at radius 3 is 2.71 bits per heavy atom. The van der Waals surface area contributed by atoms with Crippen molar-refractivity contribution in [2.75, 3.05) is 31.9 Å². The standard InChI is InChI=1S/C21H20N3O2PS/c1-27(2,25)20-9-16-17(24-14-3-4-21-19(7-14)23-12-28-21)5-6-22-18(16)8-15(20)13-10-26-11-13/h3-9,12-13H,10-11H2,1-2H3,(H,22,24). The molecule has 0 atom stereocenters. The monoisotopic (exact) mass is 409 g/mol. The first-order valence-corrected chi connectivity index (χ1v) is 12.6. The maximum atomic E-state index is 13.0. The second kappa shape index (κ2) is 6.66. The number of ether oxygens (including phenoxy) is 1. The van der Waals surface area contributed by atoms with Gasteiger partial charge in [0, 0.05) is 34.2 Å². The third-order valence-corrected chi connectivity index (χ3v) is 7.52. The summed E-state index contributed by atoms with van der Waals surface area (Å²) >= 11 is 1.63. The molecule has 1 N–H and O–H groups in total. The largest absolute Gasteiger partial charge is 0.380 e. The van der Waals surface area contributed by atoms with Crippen molar-refractivity contribution < 1.29 is 9.30 Å². The SMILES string of the molecule is CP(C)(=O)c1cc2c(Nc3ccc4scnc4c3)ccnc2cc1C1COC1. The Hall–Kier alpha value is -2.27. The summed E-state index contributed by atoms with van der Waals surface area (Å²) in [5.41, 5.74) is 6.77. The van der Waals surface area contributed by atoms with Crippen molar-refractivity contribution >= 4 is 56.3 Å². The summed E-state index contributed by atoms with van der Waals surface area (Å²) in [6.07, 6.45) is 1.81. The molecule has 3 heterocycles. The van der Waals surface area contributed by atoms with Gasteiger partial charge in [-0.15, -0.1) is 11.3 Å². The fourth-order valence-electron chi connectivity index (χ4n) is 3.61. The third-order valence-electron chi connectivity index (χ3n) is 5.16. The average molecular weight is 409 g/mol. The Kier molecular flexibility index (Phi) is 4.23. The van der Waals surface area contributed by atoms with Crippen LogP contribution in [0.15, 0.2) is 48.1 Å². The molecule has 142 valence electrons. The van der Waals surface area contributed by atoms with Crippen LogP contribution in [0.5, 0.6) is 0 Å². The van der Waals surface area contributed by atoms with Gasteiger partial charge in [0.05, 0.1) is 34.5 Å². The molecular formula is C21H20N3O2PS. The Labute approximate surface area is 167 Å². The number of anilines is 2. The van der Waals surface area contributed by atoms with E-state index in [9.17, 15) is 4.57 Å². The smallest absolute Gasteiger partial charge is 0.110 e. The summed E-state index contributed by atoms with van der Waals surface area (Å²) in [7, 11) is -2.44. The van der Waals surface area contributed by atoms with Crippen molar-refractivity contribution in [3.05, 3.63) is 53.7 Å². The summed E-state index contributed by atoms with van der Waals surface area (Å²) in [4.78, 5) is 8.96. The minimum absolute atomic E-state index is 0.304. The zero-order chi connectivity index (χ0) is 19.3. The molecule has 4 aromatic rings. The molecule has 0 bridgehead atoms. The van der Waals surface area contributed by atoms with E-state index in [0.29, 0.717) is 19.1 Å². The molecular weight excluding hydrogens is 389 g/mol. The van der Waals surface area contributed by atoms with Gasteiger partial charge in [-0.05, 0) is 55.3 Å². The maximum absolute atomic E-state index is 13.0. The van der Waals surface area contributed by atoms with E-state index in [1.165, 1.54) is 0 Å². The number of pyridine rings is 1. The molecule has 1 fully saturated rings. The molecule has 1 saturated heterocycles. The number of nitrogens with zero attached hydrogens (tertiary/aromatic N) is 2. The van der Waals surface area contributed by atoms with Crippen molar-refractivity contribution in [3.8, 4) is 0 Å². The van der Waals surface area contributed by atoms with E-state index in [2.05, 4.69) is 39.6 Å². The predicted octanol–water partition coefficient (Wildman–Crippen LogP) is 4.95. The van der Waals surface area contributed by atoms with Crippen LogP contribution in [0.4, 0.5) is 11.4 Å². The molecule has 2 aromatic heterocycles. The van der Waals surface area contributed by atoms with Crippen molar-refractivity contribution in [2.24, 2.45) is 0 Å². The molecule has 0 unspecified atom stereocenters. The second-order valence-corrected chi connectivity index (χ2v) is 11.6. The number of benzene rings is 2. The van der Waals surface area contributed by atoms with Crippen LogP contribution < -0.4 is 10.6 Å². The molecule has 0 spiro atoms. The molecule has 5 rings (SSSR count). The Morgan fingerprint density at radius 1 is 1.11 bits per heavy atom. The quantitative estimate of drug-likeness (QED) is 0.483. The fraction of sp³-hybridized carbons (Fsp3) is 0.238. The molecule has 0 aliphatic carbocycles. The molecule has 1 aliphatic heterocycles. The minimum Gasteiger partial charge on any atom is -0.380 e. The van der Waals surface area contributed by atoms with Crippen LogP contribution in [0.25, 0.3) is 21.1 Å². The first-order chi connectivity index (χ1) is 13.5. The van der Waals surface area contributed by atoms with Gasteiger partial charge in [0.2, 0.25) is 0 Å². The molecule has 2 aromatic carbocycles. The van der Waals surface area contributed by atoms with Crippen molar-refractivity contribution in [2.45, 2.75) is 5.92 Å². The molecule has 0 amide bonds. The van der Waals surface area contributed by atoms with Gasteiger partial charge in [-0.3, -0.25) is 4.98 Å². The summed E-state index contributed by atoms with van der Waals surface area (Å²) in [6, 6.07) is 12.3.